The van der Waals surface area contributed by atoms with E-state index in [-0.39, 0.29) is 11.4 Å². The van der Waals surface area contributed by atoms with Crippen molar-refractivity contribution in [1.82, 2.24) is 0 Å². The minimum Gasteiger partial charge on any atom is -0.506 e. The fourth-order valence-corrected chi connectivity index (χ4v) is 1.62. The molecule has 2 rings (SSSR count). The molecule has 1 unspecified atom stereocenters. The molecule has 1 atom stereocenters. The van der Waals surface area contributed by atoms with Gasteiger partial charge in [0.15, 0.2) is 5.82 Å². The Morgan fingerprint density at radius 1 is 1.56 bits per heavy atom. The van der Waals surface area contributed by atoms with Crippen molar-refractivity contribution in [2.45, 2.75) is 18.9 Å². The third kappa shape index (κ3) is 2.14. The second-order valence-electron chi connectivity index (χ2n) is 3.62. The molecule has 0 aromatic heterocycles. The Balaban J connectivity index is 2.11. The number of carbonyl (C=O) groups excluding carboxylic acids is 1. The van der Waals surface area contributed by atoms with E-state index in [0.29, 0.717) is 13.0 Å². The molecular formula is C11H12FNO3. The van der Waals surface area contributed by atoms with Crippen LogP contribution in [0.25, 0.3) is 0 Å². The van der Waals surface area contributed by atoms with Crippen molar-refractivity contribution >= 4 is 11.6 Å². The number of carbonyl (C=O) groups is 1. The fraction of sp³-hybridized carbons (Fsp3) is 0.364. The monoisotopic (exact) mass is 225 g/mol. The number of anilines is 1. The number of hydrogen-bond acceptors (Lipinski definition) is 3. The average Bonchev–Trinajstić information content (AvgIpc) is 2.76. The van der Waals surface area contributed by atoms with E-state index in [9.17, 15) is 14.3 Å². The Kier molecular flexibility index (Phi) is 3.05. The smallest absolute Gasteiger partial charge is 0.253 e. The summed E-state index contributed by atoms with van der Waals surface area (Å²) in [6.07, 6.45) is 0.904. The molecule has 1 aliphatic heterocycles. The van der Waals surface area contributed by atoms with Crippen molar-refractivity contribution in [3.8, 4) is 5.75 Å². The van der Waals surface area contributed by atoms with E-state index in [1.165, 1.54) is 18.2 Å². The summed E-state index contributed by atoms with van der Waals surface area (Å²) in [7, 11) is 0. The summed E-state index contributed by atoms with van der Waals surface area (Å²) in [5, 5.41) is 11.7. The molecule has 1 fully saturated rings. The lowest BCUT2D eigenvalue weighted by molar-refractivity contribution is -0.124. The Labute approximate surface area is 92.0 Å². The number of rotatable bonds is 2. The normalized spacial score (nSPS) is 19.7. The highest BCUT2D eigenvalue weighted by Gasteiger charge is 2.24. The molecule has 0 radical (unpaired) electrons. The number of para-hydroxylation sites is 1. The van der Waals surface area contributed by atoms with Crippen LogP contribution in [0.2, 0.25) is 0 Å². The summed E-state index contributed by atoms with van der Waals surface area (Å²) in [6, 6.07) is 3.85. The van der Waals surface area contributed by atoms with Crippen LogP contribution in [0.1, 0.15) is 12.8 Å². The van der Waals surface area contributed by atoms with Gasteiger partial charge < -0.3 is 15.2 Å². The first-order chi connectivity index (χ1) is 7.68. The minimum atomic E-state index is -0.661. The van der Waals surface area contributed by atoms with E-state index in [2.05, 4.69) is 5.32 Å². The van der Waals surface area contributed by atoms with E-state index in [1.54, 1.807) is 0 Å². The number of phenols is 1. The highest BCUT2D eigenvalue weighted by Crippen LogP contribution is 2.26. The summed E-state index contributed by atoms with van der Waals surface area (Å²) in [5.41, 5.74) is -0.192. The zero-order chi connectivity index (χ0) is 11.5. The second kappa shape index (κ2) is 4.49. The molecule has 0 aliphatic carbocycles. The molecule has 1 aromatic rings. The standard InChI is InChI=1S/C11H12FNO3/c12-7-3-1-4-8(14)10(7)13-11(15)9-5-2-6-16-9/h1,3-4,9,14H,2,5-6H2,(H,13,15). The molecule has 86 valence electrons. The van der Waals surface area contributed by atoms with Gasteiger partial charge >= 0.3 is 0 Å². The van der Waals surface area contributed by atoms with Crippen molar-refractivity contribution in [3.63, 3.8) is 0 Å². The van der Waals surface area contributed by atoms with Crippen LogP contribution in [0, 0.1) is 5.82 Å². The lowest BCUT2D eigenvalue weighted by Crippen LogP contribution is -2.27. The van der Waals surface area contributed by atoms with E-state index < -0.39 is 17.8 Å². The van der Waals surface area contributed by atoms with Gasteiger partial charge in [0.05, 0.1) is 0 Å². The zero-order valence-corrected chi connectivity index (χ0v) is 8.57. The predicted molar refractivity (Wildman–Crippen MR) is 55.7 cm³/mol. The molecule has 1 saturated heterocycles. The van der Waals surface area contributed by atoms with Gasteiger partial charge in [0, 0.05) is 6.61 Å². The van der Waals surface area contributed by atoms with Crippen LogP contribution in [-0.4, -0.2) is 23.7 Å². The Morgan fingerprint density at radius 2 is 2.38 bits per heavy atom. The van der Waals surface area contributed by atoms with Crippen LogP contribution < -0.4 is 5.32 Å². The molecular weight excluding hydrogens is 213 g/mol. The minimum absolute atomic E-state index is 0.192. The number of benzene rings is 1. The SMILES string of the molecule is O=C(Nc1c(O)cccc1F)C1CCCO1. The average molecular weight is 225 g/mol. The quantitative estimate of drug-likeness (QED) is 0.752. The maximum atomic E-state index is 13.3. The van der Waals surface area contributed by atoms with Gasteiger partial charge in [0.2, 0.25) is 0 Å². The van der Waals surface area contributed by atoms with Crippen LogP contribution in [0.3, 0.4) is 0 Å². The summed E-state index contributed by atoms with van der Waals surface area (Å²) in [4.78, 5) is 11.6. The van der Waals surface area contributed by atoms with E-state index in [0.717, 1.165) is 6.42 Å². The number of phenolic OH excluding ortho intramolecular Hbond substituents is 1. The number of amides is 1. The summed E-state index contributed by atoms with van der Waals surface area (Å²) >= 11 is 0. The molecule has 1 amide bonds. The first-order valence-corrected chi connectivity index (χ1v) is 5.08. The van der Waals surface area contributed by atoms with Gasteiger partial charge in [-0.25, -0.2) is 4.39 Å². The molecule has 16 heavy (non-hydrogen) atoms. The Bertz CT molecular complexity index is 382. The largest absolute Gasteiger partial charge is 0.506 e. The highest BCUT2D eigenvalue weighted by molar-refractivity contribution is 5.95. The van der Waals surface area contributed by atoms with Gasteiger partial charge in [-0.1, -0.05) is 6.07 Å². The second-order valence-corrected chi connectivity index (χ2v) is 3.62. The molecule has 1 heterocycles. The molecule has 2 N–H and O–H groups in total. The summed E-state index contributed by atoms with van der Waals surface area (Å²) in [6.45, 7) is 0.543. The van der Waals surface area contributed by atoms with Crippen LogP contribution in [0.15, 0.2) is 18.2 Å². The molecule has 1 aliphatic rings. The van der Waals surface area contributed by atoms with E-state index >= 15 is 0 Å². The Morgan fingerprint density at radius 3 is 3.00 bits per heavy atom. The lowest BCUT2D eigenvalue weighted by atomic mass is 10.2. The van der Waals surface area contributed by atoms with E-state index in [4.69, 9.17) is 4.74 Å². The topological polar surface area (TPSA) is 58.6 Å². The lowest BCUT2D eigenvalue weighted by Gasteiger charge is -2.11. The highest BCUT2D eigenvalue weighted by atomic mass is 19.1. The van der Waals surface area contributed by atoms with Gasteiger partial charge in [-0.15, -0.1) is 0 Å². The molecule has 0 spiro atoms. The third-order valence-corrected chi connectivity index (χ3v) is 2.46. The number of hydrogen-bond donors (Lipinski definition) is 2. The van der Waals surface area contributed by atoms with Gasteiger partial charge in [-0.05, 0) is 25.0 Å². The van der Waals surface area contributed by atoms with E-state index in [1.807, 2.05) is 0 Å². The van der Waals surface area contributed by atoms with Crippen molar-refractivity contribution in [3.05, 3.63) is 24.0 Å². The van der Waals surface area contributed by atoms with Crippen LogP contribution in [0.4, 0.5) is 10.1 Å². The van der Waals surface area contributed by atoms with Crippen LogP contribution in [-0.2, 0) is 9.53 Å². The molecule has 1 aromatic carbocycles. The van der Waals surface area contributed by atoms with Gasteiger partial charge in [0.25, 0.3) is 5.91 Å². The number of nitrogens with one attached hydrogen (secondary N) is 1. The van der Waals surface area contributed by atoms with Crippen molar-refractivity contribution in [2.24, 2.45) is 0 Å². The molecule has 0 bridgehead atoms. The van der Waals surface area contributed by atoms with Gasteiger partial charge in [-0.2, -0.15) is 0 Å². The molecule has 0 saturated carbocycles. The number of aromatic hydroxyl groups is 1. The summed E-state index contributed by atoms with van der Waals surface area (Å²) < 4.78 is 18.4. The zero-order valence-electron chi connectivity index (χ0n) is 8.57. The van der Waals surface area contributed by atoms with Crippen molar-refractivity contribution < 1.29 is 19.0 Å². The predicted octanol–water partition coefficient (Wildman–Crippen LogP) is 1.65. The summed E-state index contributed by atoms with van der Waals surface area (Å²) in [5.74, 6) is -1.37. The maximum Gasteiger partial charge on any atom is 0.253 e. The first kappa shape index (κ1) is 10.9. The maximum absolute atomic E-state index is 13.3. The van der Waals surface area contributed by atoms with Crippen LogP contribution in [0.5, 0.6) is 5.75 Å². The fourth-order valence-electron chi connectivity index (χ4n) is 1.62. The third-order valence-electron chi connectivity index (χ3n) is 2.46. The van der Waals surface area contributed by atoms with Gasteiger partial charge in [0.1, 0.15) is 17.5 Å². The Hall–Kier alpha value is -1.62. The van der Waals surface area contributed by atoms with Crippen LogP contribution >= 0.6 is 0 Å². The van der Waals surface area contributed by atoms with Crippen molar-refractivity contribution in [2.75, 3.05) is 11.9 Å². The number of ether oxygens (including phenoxy) is 1. The first-order valence-electron chi connectivity index (χ1n) is 5.08. The molecule has 5 heteroatoms. The van der Waals surface area contributed by atoms with Crippen molar-refractivity contribution in [1.29, 1.82) is 0 Å². The van der Waals surface area contributed by atoms with Gasteiger partial charge in [-0.3, -0.25) is 4.79 Å². The number of halogens is 1. The molecule has 4 nitrogen and oxygen atoms in total.